The van der Waals surface area contributed by atoms with E-state index in [2.05, 4.69) is 27.8 Å². The molecule has 0 aromatic heterocycles. The highest BCUT2D eigenvalue weighted by molar-refractivity contribution is 5.79. The van der Waals surface area contributed by atoms with E-state index in [0.717, 1.165) is 34.1 Å². The van der Waals surface area contributed by atoms with Crippen molar-refractivity contribution >= 4 is 5.96 Å². The molecule has 0 atom stereocenters. The molecule has 5 heteroatoms. The smallest absolute Gasteiger partial charge is 0.191 e. The first-order valence-electron chi connectivity index (χ1n) is 7.88. The monoisotopic (exact) mass is 327 g/mol. The van der Waals surface area contributed by atoms with Crippen LogP contribution in [-0.4, -0.2) is 27.2 Å². The number of nitrogens with zero attached hydrogens (tertiary/aromatic N) is 1. The molecule has 0 saturated heterocycles. The molecule has 2 rings (SSSR count). The molecule has 2 aromatic rings. The zero-order valence-corrected chi connectivity index (χ0v) is 14.7. The summed E-state index contributed by atoms with van der Waals surface area (Å²) >= 11 is 0. The molecule has 0 fully saturated rings. The van der Waals surface area contributed by atoms with Crippen molar-refractivity contribution in [3.8, 4) is 11.5 Å². The van der Waals surface area contributed by atoms with Gasteiger partial charge in [-0.25, -0.2) is 0 Å². The maximum absolute atomic E-state index is 5.36. The molecule has 128 valence electrons. The third kappa shape index (κ3) is 4.65. The average Bonchev–Trinajstić information content (AvgIpc) is 2.63. The van der Waals surface area contributed by atoms with Gasteiger partial charge in [-0.1, -0.05) is 30.3 Å². The van der Waals surface area contributed by atoms with Crippen molar-refractivity contribution in [3.05, 3.63) is 59.2 Å². The number of benzene rings is 2. The van der Waals surface area contributed by atoms with Crippen molar-refractivity contribution in [3.63, 3.8) is 0 Å². The van der Waals surface area contributed by atoms with Crippen LogP contribution in [-0.2, 0) is 13.1 Å². The number of para-hydroxylation sites is 1. The first-order chi connectivity index (χ1) is 11.7. The Morgan fingerprint density at radius 3 is 2.38 bits per heavy atom. The minimum atomic E-state index is 0.640. The quantitative estimate of drug-likeness (QED) is 0.633. The van der Waals surface area contributed by atoms with Gasteiger partial charge in [0.2, 0.25) is 0 Å². The number of hydrogen-bond acceptors (Lipinski definition) is 3. The molecule has 0 aliphatic heterocycles. The topological polar surface area (TPSA) is 54.9 Å². The van der Waals surface area contributed by atoms with Crippen LogP contribution in [0.15, 0.2) is 47.5 Å². The Morgan fingerprint density at radius 2 is 1.67 bits per heavy atom. The van der Waals surface area contributed by atoms with E-state index in [4.69, 9.17) is 9.47 Å². The number of guanidine groups is 1. The molecule has 2 N–H and O–H groups in total. The summed E-state index contributed by atoms with van der Waals surface area (Å²) in [7, 11) is 5.12. The third-order valence-electron chi connectivity index (χ3n) is 3.79. The molecular formula is C19H25N3O2. The van der Waals surface area contributed by atoms with Crippen LogP contribution in [0.1, 0.15) is 16.7 Å². The van der Waals surface area contributed by atoms with Crippen LogP contribution in [0.3, 0.4) is 0 Å². The van der Waals surface area contributed by atoms with Gasteiger partial charge >= 0.3 is 0 Å². The van der Waals surface area contributed by atoms with Crippen LogP contribution in [0.5, 0.6) is 11.5 Å². The molecule has 0 aliphatic rings. The molecule has 0 bridgehead atoms. The van der Waals surface area contributed by atoms with Crippen LogP contribution in [0.2, 0.25) is 0 Å². The summed E-state index contributed by atoms with van der Waals surface area (Å²) in [5.74, 6) is 2.50. The minimum absolute atomic E-state index is 0.640. The van der Waals surface area contributed by atoms with E-state index in [1.54, 1.807) is 21.3 Å². The Morgan fingerprint density at radius 1 is 0.958 bits per heavy atom. The fourth-order valence-electron chi connectivity index (χ4n) is 2.41. The summed E-state index contributed by atoms with van der Waals surface area (Å²) in [6.07, 6.45) is 0. The summed E-state index contributed by atoms with van der Waals surface area (Å²) in [6.45, 7) is 3.34. The first-order valence-corrected chi connectivity index (χ1v) is 7.88. The summed E-state index contributed by atoms with van der Waals surface area (Å²) in [5.41, 5.74) is 3.34. The largest absolute Gasteiger partial charge is 0.496 e. The Hall–Kier alpha value is -2.69. The third-order valence-corrected chi connectivity index (χ3v) is 3.79. The molecule has 2 aromatic carbocycles. The molecule has 0 unspecified atom stereocenters. The summed E-state index contributed by atoms with van der Waals surface area (Å²) in [4.78, 5) is 4.26. The average molecular weight is 327 g/mol. The standard InChI is InChI=1S/C19H25N3O2/c1-14-9-10-15(11-18(14)24-4)12-21-19(20-2)22-13-16-7-5-6-8-17(16)23-3/h5-11H,12-13H2,1-4H3,(H2,20,21,22). The van der Waals surface area contributed by atoms with Gasteiger partial charge in [0, 0.05) is 25.7 Å². The van der Waals surface area contributed by atoms with Gasteiger partial charge in [0.05, 0.1) is 14.2 Å². The molecule has 0 amide bonds. The number of aliphatic imine (C=N–C) groups is 1. The number of rotatable bonds is 6. The second-order valence-corrected chi connectivity index (χ2v) is 5.40. The Labute approximate surface area is 143 Å². The van der Waals surface area contributed by atoms with Crippen molar-refractivity contribution in [2.24, 2.45) is 4.99 Å². The maximum Gasteiger partial charge on any atom is 0.191 e. The van der Waals surface area contributed by atoms with Gasteiger partial charge in [0.1, 0.15) is 11.5 Å². The Balaban J connectivity index is 1.93. The number of nitrogens with one attached hydrogen (secondary N) is 2. The lowest BCUT2D eigenvalue weighted by Crippen LogP contribution is -2.36. The first kappa shape index (κ1) is 17.7. The van der Waals surface area contributed by atoms with Crippen LogP contribution in [0.4, 0.5) is 0 Å². The highest BCUT2D eigenvalue weighted by Gasteiger charge is 2.05. The van der Waals surface area contributed by atoms with Crippen molar-refractivity contribution in [1.29, 1.82) is 0 Å². The van der Waals surface area contributed by atoms with Crippen molar-refractivity contribution in [2.75, 3.05) is 21.3 Å². The zero-order valence-electron chi connectivity index (χ0n) is 14.7. The predicted octanol–water partition coefficient (Wildman–Crippen LogP) is 2.88. The van der Waals surface area contributed by atoms with E-state index in [-0.39, 0.29) is 0 Å². The molecule has 5 nitrogen and oxygen atoms in total. The van der Waals surface area contributed by atoms with Crippen LogP contribution >= 0.6 is 0 Å². The fourth-order valence-corrected chi connectivity index (χ4v) is 2.41. The molecule has 0 radical (unpaired) electrons. The molecule has 24 heavy (non-hydrogen) atoms. The Kier molecular flexibility index (Phi) is 6.49. The van der Waals surface area contributed by atoms with Crippen LogP contribution in [0.25, 0.3) is 0 Å². The van der Waals surface area contributed by atoms with E-state index in [9.17, 15) is 0 Å². The van der Waals surface area contributed by atoms with Gasteiger partial charge in [-0.3, -0.25) is 4.99 Å². The fraction of sp³-hybridized carbons (Fsp3) is 0.316. The summed E-state index contributed by atoms with van der Waals surface area (Å²) in [6, 6.07) is 14.1. The highest BCUT2D eigenvalue weighted by Crippen LogP contribution is 2.19. The predicted molar refractivity (Wildman–Crippen MR) is 97.8 cm³/mol. The summed E-state index contributed by atoms with van der Waals surface area (Å²) in [5, 5.41) is 6.61. The van der Waals surface area contributed by atoms with E-state index < -0.39 is 0 Å². The lowest BCUT2D eigenvalue weighted by Gasteiger charge is -2.14. The number of methoxy groups -OCH3 is 2. The van der Waals surface area contributed by atoms with Gasteiger partial charge in [-0.15, -0.1) is 0 Å². The van der Waals surface area contributed by atoms with Crippen molar-refractivity contribution in [2.45, 2.75) is 20.0 Å². The lowest BCUT2D eigenvalue weighted by atomic mass is 10.1. The van der Waals surface area contributed by atoms with Crippen molar-refractivity contribution < 1.29 is 9.47 Å². The number of aryl methyl sites for hydroxylation is 1. The van der Waals surface area contributed by atoms with Gasteiger partial charge in [0.25, 0.3) is 0 Å². The van der Waals surface area contributed by atoms with Crippen LogP contribution < -0.4 is 20.1 Å². The molecule has 0 heterocycles. The van der Waals surface area contributed by atoms with E-state index in [0.29, 0.717) is 13.1 Å². The van der Waals surface area contributed by atoms with Gasteiger partial charge in [0.15, 0.2) is 5.96 Å². The van der Waals surface area contributed by atoms with Gasteiger partial charge in [-0.05, 0) is 30.2 Å². The molecule has 0 spiro atoms. The number of hydrogen-bond donors (Lipinski definition) is 2. The summed E-state index contributed by atoms with van der Waals surface area (Å²) < 4.78 is 10.7. The highest BCUT2D eigenvalue weighted by atomic mass is 16.5. The number of ether oxygens (including phenoxy) is 2. The second-order valence-electron chi connectivity index (χ2n) is 5.40. The Bertz CT molecular complexity index is 699. The van der Waals surface area contributed by atoms with E-state index in [1.165, 1.54) is 0 Å². The maximum atomic E-state index is 5.36. The zero-order chi connectivity index (χ0) is 17.4. The van der Waals surface area contributed by atoms with Crippen molar-refractivity contribution in [1.82, 2.24) is 10.6 Å². The van der Waals surface area contributed by atoms with Gasteiger partial charge < -0.3 is 20.1 Å². The molecule has 0 aliphatic carbocycles. The minimum Gasteiger partial charge on any atom is -0.496 e. The normalized spacial score (nSPS) is 11.1. The van der Waals surface area contributed by atoms with Gasteiger partial charge in [-0.2, -0.15) is 0 Å². The van der Waals surface area contributed by atoms with Crippen LogP contribution in [0, 0.1) is 6.92 Å². The molecule has 0 saturated carbocycles. The van der Waals surface area contributed by atoms with E-state index >= 15 is 0 Å². The van der Waals surface area contributed by atoms with E-state index in [1.807, 2.05) is 37.3 Å². The lowest BCUT2D eigenvalue weighted by molar-refractivity contribution is 0.409. The molecular weight excluding hydrogens is 302 g/mol. The SMILES string of the molecule is CN=C(NCc1ccc(C)c(OC)c1)NCc1ccccc1OC. The second kappa shape index (κ2) is 8.82.